The zero-order valence-electron chi connectivity index (χ0n) is 15.2. The SMILES string of the molecule is OC[C@H]1O[C@@H](Oc2cc(O)cc(O)c2C=Cc2ccc(O)cc2)[C@H](O)[C@@H](O)[C@@H]1O. The van der Waals surface area contributed by atoms with E-state index in [0.717, 1.165) is 6.07 Å². The van der Waals surface area contributed by atoms with Gasteiger partial charge in [0.15, 0.2) is 0 Å². The maximum Gasteiger partial charge on any atom is 0.229 e. The molecule has 156 valence electrons. The molecule has 3 rings (SSSR count). The number of phenolic OH excluding ortho intramolecular Hbond substituents is 3. The number of aromatic hydroxyl groups is 3. The second-order valence-electron chi connectivity index (χ2n) is 6.62. The van der Waals surface area contributed by atoms with Gasteiger partial charge in [0.1, 0.15) is 47.4 Å². The zero-order chi connectivity index (χ0) is 21.1. The monoisotopic (exact) mass is 406 g/mol. The molecule has 5 atom stereocenters. The molecule has 1 saturated heterocycles. The van der Waals surface area contributed by atoms with Gasteiger partial charge in [0.2, 0.25) is 6.29 Å². The van der Waals surface area contributed by atoms with Gasteiger partial charge in [-0.2, -0.15) is 0 Å². The molecule has 7 N–H and O–H groups in total. The first-order chi connectivity index (χ1) is 13.8. The molecule has 1 aliphatic rings. The number of ether oxygens (including phenoxy) is 2. The van der Waals surface area contributed by atoms with Crippen molar-refractivity contribution in [1.82, 2.24) is 0 Å². The van der Waals surface area contributed by atoms with Gasteiger partial charge in [-0.25, -0.2) is 0 Å². The predicted molar refractivity (Wildman–Crippen MR) is 101 cm³/mol. The third kappa shape index (κ3) is 4.61. The molecular weight excluding hydrogens is 384 g/mol. The standard InChI is InChI=1S/C20H22O9/c21-9-16-17(25)18(26)19(27)20(29-16)28-15-8-12(23)7-14(24)13(15)6-3-10-1-4-11(22)5-2-10/h1-8,16-27H,9H2/t16-,17-,18+,19-,20-/m1/s1. The molecule has 0 bridgehead atoms. The molecule has 1 fully saturated rings. The first kappa shape index (κ1) is 20.9. The molecule has 0 aromatic heterocycles. The number of phenols is 3. The predicted octanol–water partition coefficient (Wildman–Crippen LogP) is 0.152. The first-order valence-electron chi connectivity index (χ1n) is 8.80. The summed E-state index contributed by atoms with van der Waals surface area (Å²) < 4.78 is 10.9. The van der Waals surface area contributed by atoms with E-state index >= 15 is 0 Å². The molecule has 0 amide bonds. The molecule has 2 aromatic rings. The van der Waals surface area contributed by atoms with Crippen molar-refractivity contribution in [1.29, 1.82) is 0 Å². The quantitative estimate of drug-likeness (QED) is 0.343. The Kier molecular flexibility index (Phi) is 6.26. The van der Waals surface area contributed by atoms with E-state index in [1.165, 1.54) is 24.3 Å². The van der Waals surface area contributed by atoms with Gasteiger partial charge in [0.25, 0.3) is 0 Å². The summed E-state index contributed by atoms with van der Waals surface area (Å²) in [6, 6.07) is 8.53. The lowest BCUT2D eigenvalue weighted by molar-refractivity contribution is -0.277. The van der Waals surface area contributed by atoms with Crippen LogP contribution in [0.2, 0.25) is 0 Å². The van der Waals surface area contributed by atoms with E-state index in [9.17, 15) is 35.7 Å². The van der Waals surface area contributed by atoms with Gasteiger partial charge in [-0.3, -0.25) is 0 Å². The van der Waals surface area contributed by atoms with Crippen LogP contribution in [0, 0.1) is 0 Å². The van der Waals surface area contributed by atoms with E-state index < -0.39 is 37.3 Å². The number of aliphatic hydroxyl groups is 4. The van der Waals surface area contributed by atoms with Crippen LogP contribution < -0.4 is 4.74 Å². The molecule has 0 spiro atoms. The summed E-state index contributed by atoms with van der Waals surface area (Å²) in [6.45, 7) is -0.621. The highest BCUT2D eigenvalue weighted by Gasteiger charge is 2.44. The largest absolute Gasteiger partial charge is 0.508 e. The van der Waals surface area contributed by atoms with Crippen LogP contribution in [0.25, 0.3) is 12.2 Å². The van der Waals surface area contributed by atoms with Crippen molar-refractivity contribution in [2.45, 2.75) is 30.7 Å². The third-order valence-electron chi connectivity index (χ3n) is 4.53. The molecule has 1 aliphatic heterocycles. The Morgan fingerprint density at radius 3 is 2.21 bits per heavy atom. The summed E-state index contributed by atoms with van der Waals surface area (Å²) >= 11 is 0. The number of rotatable bonds is 5. The van der Waals surface area contributed by atoms with Crippen molar-refractivity contribution in [2.24, 2.45) is 0 Å². The van der Waals surface area contributed by atoms with E-state index in [1.807, 2.05) is 0 Å². The second kappa shape index (κ2) is 8.68. The fourth-order valence-electron chi connectivity index (χ4n) is 2.92. The van der Waals surface area contributed by atoms with Crippen LogP contribution in [0.4, 0.5) is 0 Å². The highest BCUT2D eigenvalue weighted by molar-refractivity contribution is 5.76. The second-order valence-corrected chi connectivity index (χ2v) is 6.62. The van der Waals surface area contributed by atoms with Crippen molar-refractivity contribution < 1.29 is 45.2 Å². The van der Waals surface area contributed by atoms with E-state index in [2.05, 4.69) is 0 Å². The summed E-state index contributed by atoms with van der Waals surface area (Å²) in [6.07, 6.45) is -4.36. The smallest absolute Gasteiger partial charge is 0.229 e. The van der Waals surface area contributed by atoms with Gasteiger partial charge in [-0.15, -0.1) is 0 Å². The summed E-state index contributed by atoms with van der Waals surface area (Å²) in [5.74, 6) is -0.605. The topological polar surface area (TPSA) is 160 Å². The van der Waals surface area contributed by atoms with Gasteiger partial charge in [0.05, 0.1) is 12.2 Å². The number of hydrogen-bond acceptors (Lipinski definition) is 9. The number of hydrogen-bond donors (Lipinski definition) is 7. The van der Waals surface area contributed by atoms with Gasteiger partial charge < -0.3 is 45.2 Å². The normalized spacial score (nSPS) is 27.2. The molecule has 0 aliphatic carbocycles. The van der Waals surface area contributed by atoms with Crippen molar-refractivity contribution in [3.8, 4) is 23.0 Å². The minimum Gasteiger partial charge on any atom is -0.508 e. The number of aliphatic hydroxyl groups excluding tert-OH is 4. The molecule has 0 unspecified atom stereocenters. The Balaban J connectivity index is 1.89. The van der Waals surface area contributed by atoms with E-state index in [-0.39, 0.29) is 28.6 Å². The van der Waals surface area contributed by atoms with Crippen LogP contribution in [-0.2, 0) is 4.74 Å². The van der Waals surface area contributed by atoms with Crippen molar-refractivity contribution in [2.75, 3.05) is 6.61 Å². The summed E-state index contributed by atoms with van der Waals surface area (Å²) in [5.41, 5.74) is 0.849. The number of benzene rings is 2. The Morgan fingerprint density at radius 2 is 1.55 bits per heavy atom. The lowest BCUT2D eigenvalue weighted by Gasteiger charge is -2.39. The minimum atomic E-state index is -1.65. The molecular formula is C20H22O9. The van der Waals surface area contributed by atoms with Crippen LogP contribution in [0.15, 0.2) is 36.4 Å². The Labute approximate surface area is 165 Å². The molecule has 9 heteroatoms. The van der Waals surface area contributed by atoms with Crippen molar-refractivity contribution in [3.63, 3.8) is 0 Å². The fourth-order valence-corrected chi connectivity index (χ4v) is 2.92. The van der Waals surface area contributed by atoms with E-state index in [4.69, 9.17) is 9.47 Å². The van der Waals surface area contributed by atoms with Gasteiger partial charge >= 0.3 is 0 Å². The lowest BCUT2D eigenvalue weighted by Crippen LogP contribution is -2.60. The highest BCUT2D eigenvalue weighted by atomic mass is 16.7. The Hall–Kier alpha value is -2.82. The summed E-state index contributed by atoms with van der Waals surface area (Å²) in [7, 11) is 0. The minimum absolute atomic E-state index is 0.0677. The van der Waals surface area contributed by atoms with Crippen molar-refractivity contribution in [3.05, 3.63) is 47.5 Å². The molecule has 0 saturated carbocycles. The average molecular weight is 406 g/mol. The summed E-state index contributed by atoms with van der Waals surface area (Å²) in [4.78, 5) is 0. The Morgan fingerprint density at radius 1 is 0.862 bits per heavy atom. The fraction of sp³-hybridized carbons (Fsp3) is 0.300. The maximum absolute atomic E-state index is 10.2. The molecule has 2 aromatic carbocycles. The first-order valence-corrected chi connectivity index (χ1v) is 8.80. The van der Waals surface area contributed by atoms with Gasteiger partial charge in [-0.1, -0.05) is 18.2 Å². The Bertz CT molecular complexity index is 863. The van der Waals surface area contributed by atoms with Crippen molar-refractivity contribution >= 4 is 12.2 Å². The van der Waals surface area contributed by atoms with E-state index in [1.54, 1.807) is 18.2 Å². The van der Waals surface area contributed by atoms with Crippen LogP contribution >= 0.6 is 0 Å². The molecule has 0 radical (unpaired) electrons. The van der Waals surface area contributed by atoms with Crippen LogP contribution in [-0.4, -0.2) is 73.1 Å². The third-order valence-corrected chi connectivity index (χ3v) is 4.53. The van der Waals surface area contributed by atoms with Crippen LogP contribution in [0.3, 0.4) is 0 Å². The van der Waals surface area contributed by atoms with Crippen LogP contribution in [0.1, 0.15) is 11.1 Å². The average Bonchev–Trinajstić information content (AvgIpc) is 2.69. The van der Waals surface area contributed by atoms with Gasteiger partial charge in [0, 0.05) is 12.1 Å². The zero-order valence-corrected chi connectivity index (χ0v) is 15.2. The lowest BCUT2D eigenvalue weighted by atomic mass is 9.99. The summed E-state index contributed by atoms with van der Waals surface area (Å²) in [5, 5.41) is 68.5. The molecule has 29 heavy (non-hydrogen) atoms. The molecule has 1 heterocycles. The van der Waals surface area contributed by atoms with Gasteiger partial charge in [-0.05, 0) is 23.8 Å². The molecule has 9 nitrogen and oxygen atoms in total. The van der Waals surface area contributed by atoms with E-state index in [0.29, 0.717) is 5.56 Å². The maximum atomic E-state index is 10.2. The highest BCUT2D eigenvalue weighted by Crippen LogP contribution is 2.36. The van der Waals surface area contributed by atoms with Crippen LogP contribution in [0.5, 0.6) is 23.0 Å².